The highest BCUT2D eigenvalue weighted by Crippen LogP contribution is 2.38. The van der Waals surface area contributed by atoms with E-state index in [0.717, 1.165) is 31.6 Å². The second kappa shape index (κ2) is 9.70. The fraction of sp³-hybridized carbons (Fsp3) is 0.304. The molecule has 2 aromatic carbocycles. The predicted octanol–water partition coefficient (Wildman–Crippen LogP) is 3.86. The summed E-state index contributed by atoms with van der Waals surface area (Å²) in [4.78, 5) is 14.9. The van der Waals surface area contributed by atoms with E-state index in [1.165, 1.54) is 6.08 Å². The van der Waals surface area contributed by atoms with Gasteiger partial charge >= 0.3 is 0 Å². The Labute approximate surface area is 176 Å². The molecule has 0 bridgehead atoms. The van der Waals surface area contributed by atoms with Crippen molar-refractivity contribution in [1.82, 2.24) is 0 Å². The van der Waals surface area contributed by atoms with Crippen molar-refractivity contribution in [3.8, 4) is 23.3 Å². The monoisotopic (exact) mass is 407 g/mol. The lowest BCUT2D eigenvalue weighted by atomic mass is 10.1. The predicted molar refractivity (Wildman–Crippen MR) is 116 cm³/mol. The van der Waals surface area contributed by atoms with E-state index in [1.54, 1.807) is 51.7 Å². The van der Waals surface area contributed by atoms with Gasteiger partial charge in [-0.25, -0.2) is 0 Å². The number of nitriles is 1. The highest BCUT2D eigenvalue weighted by molar-refractivity contribution is 6.10. The molecule has 7 nitrogen and oxygen atoms in total. The van der Waals surface area contributed by atoms with Crippen molar-refractivity contribution in [2.24, 2.45) is 0 Å². The van der Waals surface area contributed by atoms with Crippen LogP contribution in [0, 0.1) is 11.3 Å². The van der Waals surface area contributed by atoms with Gasteiger partial charge in [0.2, 0.25) is 0 Å². The van der Waals surface area contributed by atoms with Crippen molar-refractivity contribution in [3.05, 3.63) is 47.5 Å². The van der Waals surface area contributed by atoms with E-state index in [-0.39, 0.29) is 5.57 Å². The number of benzene rings is 2. The highest BCUT2D eigenvalue weighted by Gasteiger charge is 2.20. The Kier molecular flexibility index (Phi) is 6.81. The summed E-state index contributed by atoms with van der Waals surface area (Å²) in [6, 6.07) is 12.6. The molecule has 1 aliphatic rings. The Morgan fingerprint density at radius 1 is 1.07 bits per heavy atom. The summed E-state index contributed by atoms with van der Waals surface area (Å²) < 4.78 is 16.3. The van der Waals surface area contributed by atoms with E-state index in [0.29, 0.717) is 28.5 Å². The fourth-order valence-electron chi connectivity index (χ4n) is 3.43. The normalized spacial score (nSPS) is 13.5. The zero-order valence-corrected chi connectivity index (χ0v) is 17.4. The summed E-state index contributed by atoms with van der Waals surface area (Å²) in [7, 11) is 4.72. The van der Waals surface area contributed by atoms with Crippen molar-refractivity contribution >= 4 is 23.4 Å². The topological polar surface area (TPSA) is 83.8 Å². The summed E-state index contributed by atoms with van der Waals surface area (Å²) in [6.45, 7) is 1.92. The number of nitrogens with one attached hydrogen (secondary N) is 1. The van der Waals surface area contributed by atoms with Gasteiger partial charge in [-0.05, 0) is 37.1 Å². The maximum Gasteiger partial charge on any atom is 0.266 e. The standard InChI is InChI=1S/C23H25N3O4/c1-28-19-8-6-7-18(13-19)25-23(27)17(15-24)11-16-12-22(30-3)20(14-21(16)29-2)26-9-4-5-10-26/h6-8,11-14H,4-5,9-10H2,1-3H3,(H,25,27)/b17-11-. The van der Waals surface area contributed by atoms with E-state index in [4.69, 9.17) is 14.2 Å². The molecule has 30 heavy (non-hydrogen) atoms. The molecule has 1 fully saturated rings. The van der Waals surface area contributed by atoms with Crippen LogP contribution in [0.5, 0.6) is 17.2 Å². The van der Waals surface area contributed by atoms with Crippen LogP contribution in [-0.4, -0.2) is 40.3 Å². The first-order valence-corrected chi connectivity index (χ1v) is 9.67. The Bertz CT molecular complexity index is 988. The minimum atomic E-state index is -0.518. The second-order valence-electron chi connectivity index (χ2n) is 6.82. The SMILES string of the molecule is COc1cccc(NC(=O)/C(C#N)=C\c2cc(OC)c(N3CCCC3)cc2OC)c1. The van der Waals surface area contributed by atoms with Gasteiger partial charge in [0.1, 0.15) is 28.9 Å². The van der Waals surface area contributed by atoms with Gasteiger partial charge in [0, 0.05) is 36.5 Å². The number of amides is 1. The average Bonchev–Trinajstić information content (AvgIpc) is 3.31. The molecule has 0 atom stereocenters. The zero-order chi connectivity index (χ0) is 21.5. The molecule has 0 spiro atoms. The lowest BCUT2D eigenvalue weighted by molar-refractivity contribution is -0.112. The first-order chi connectivity index (χ1) is 14.6. The van der Waals surface area contributed by atoms with E-state index in [1.807, 2.05) is 12.1 Å². The maximum atomic E-state index is 12.7. The molecule has 0 radical (unpaired) electrons. The largest absolute Gasteiger partial charge is 0.497 e. The van der Waals surface area contributed by atoms with Gasteiger partial charge in [-0.1, -0.05) is 6.07 Å². The van der Waals surface area contributed by atoms with Crippen LogP contribution in [-0.2, 0) is 4.79 Å². The summed E-state index contributed by atoms with van der Waals surface area (Å²) in [5, 5.41) is 12.3. The summed E-state index contributed by atoms with van der Waals surface area (Å²) in [6.07, 6.45) is 3.77. The van der Waals surface area contributed by atoms with Gasteiger partial charge in [-0.15, -0.1) is 0 Å². The number of ether oxygens (including phenoxy) is 3. The molecule has 0 saturated carbocycles. The number of nitrogens with zero attached hydrogens (tertiary/aromatic N) is 2. The number of hydrogen-bond donors (Lipinski definition) is 1. The van der Waals surface area contributed by atoms with Gasteiger partial charge in [-0.2, -0.15) is 5.26 Å². The Balaban J connectivity index is 1.92. The molecule has 0 aliphatic carbocycles. The van der Waals surface area contributed by atoms with E-state index in [2.05, 4.69) is 10.2 Å². The number of methoxy groups -OCH3 is 3. The minimum absolute atomic E-state index is 0.0490. The van der Waals surface area contributed by atoms with Crippen molar-refractivity contribution in [3.63, 3.8) is 0 Å². The van der Waals surface area contributed by atoms with Crippen LogP contribution >= 0.6 is 0 Å². The second-order valence-corrected chi connectivity index (χ2v) is 6.82. The number of hydrogen-bond acceptors (Lipinski definition) is 6. The van der Waals surface area contributed by atoms with Crippen LogP contribution in [0.3, 0.4) is 0 Å². The van der Waals surface area contributed by atoms with Crippen molar-refractivity contribution < 1.29 is 19.0 Å². The number of carbonyl (C=O) groups is 1. The Morgan fingerprint density at radius 2 is 1.80 bits per heavy atom. The van der Waals surface area contributed by atoms with Crippen molar-refractivity contribution in [1.29, 1.82) is 5.26 Å². The van der Waals surface area contributed by atoms with Crippen LogP contribution in [0.2, 0.25) is 0 Å². The molecule has 156 valence electrons. The zero-order valence-electron chi connectivity index (χ0n) is 17.4. The lowest BCUT2D eigenvalue weighted by Crippen LogP contribution is -2.18. The molecule has 0 aromatic heterocycles. The molecule has 1 N–H and O–H groups in total. The number of anilines is 2. The van der Waals surface area contributed by atoms with Gasteiger partial charge in [0.15, 0.2) is 0 Å². The quantitative estimate of drug-likeness (QED) is 0.554. The molecule has 3 rings (SSSR count). The van der Waals surface area contributed by atoms with Gasteiger partial charge < -0.3 is 24.4 Å². The van der Waals surface area contributed by atoms with Crippen molar-refractivity contribution in [2.75, 3.05) is 44.6 Å². The smallest absolute Gasteiger partial charge is 0.266 e. The molecule has 1 amide bonds. The van der Waals surface area contributed by atoms with Crippen LogP contribution in [0.1, 0.15) is 18.4 Å². The summed E-state index contributed by atoms with van der Waals surface area (Å²) in [5.74, 6) is 1.34. The molecule has 1 heterocycles. The van der Waals surface area contributed by atoms with E-state index < -0.39 is 5.91 Å². The van der Waals surface area contributed by atoms with Gasteiger partial charge in [-0.3, -0.25) is 4.79 Å². The van der Waals surface area contributed by atoms with Gasteiger partial charge in [0.25, 0.3) is 5.91 Å². The summed E-state index contributed by atoms with van der Waals surface area (Å²) >= 11 is 0. The molecule has 0 unspecified atom stereocenters. The van der Waals surface area contributed by atoms with Crippen LogP contribution in [0.25, 0.3) is 6.08 Å². The molecular formula is C23H25N3O4. The first kappa shape index (κ1) is 21.1. The van der Waals surface area contributed by atoms with Crippen LogP contribution < -0.4 is 24.4 Å². The maximum absolute atomic E-state index is 12.7. The highest BCUT2D eigenvalue weighted by atomic mass is 16.5. The van der Waals surface area contributed by atoms with E-state index in [9.17, 15) is 10.1 Å². The minimum Gasteiger partial charge on any atom is -0.497 e. The Hall–Kier alpha value is -3.66. The lowest BCUT2D eigenvalue weighted by Gasteiger charge is -2.22. The molecular weight excluding hydrogens is 382 g/mol. The molecule has 7 heteroatoms. The third-order valence-electron chi connectivity index (χ3n) is 4.97. The molecule has 2 aromatic rings. The van der Waals surface area contributed by atoms with Crippen molar-refractivity contribution in [2.45, 2.75) is 12.8 Å². The van der Waals surface area contributed by atoms with E-state index >= 15 is 0 Å². The van der Waals surface area contributed by atoms with Gasteiger partial charge in [0.05, 0.1) is 27.0 Å². The number of carbonyl (C=O) groups excluding carboxylic acids is 1. The molecule has 1 aliphatic heterocycles. The third-order valence-corrected chi connectivity index (χ3v) is 4.97. The Morgan fingerprint density at radius 3 is 2.43 bits per heavy atom. The van der Waals surface area contributed by atoms with Crippen LogP contribution in [0.4, 0.5) is 11.4 Å². The molecule has 1 saturated heterocycles. The third kappa shape index (κ3) is 4.66. The fourth-order valence-corrected chi connectivity index (χ4v) is 3.43. The summed E-state index contributed by atoms with van der Waals surface area (Å²) in [5.41, 5.74) is 2.03. The number of rotatable bonds is 7. The first-order valence-electron chi connectivity index (χ1n) is 9.67. The van der Waals surface area contributed by atoms with Crippen LogP contribution in [0.15, 0.2) is 42.0 Å². The average molecular weight is 407 g/mol.